The number of methoxy groups -OCH3 is 1. The van der Waals surface area contributed by atoms with Gasteiger partial charge in [-0.05, 0) is 45.4 Å². The van der Waals surface area contributed by atoms with E-state index in [1.165, 1.54) is 25.3 Å². The number of hydrogen-bond donors (Lipinski definition) is 1. The van der Waals surface area contributed by atoms with Gasteiger partial charge < -0.3 is 14.8 Å². The third-order valence-electron chi connectivity index (χ3n) is 3.91. The Balaban J connectivity index is 2.71. The number of dihydropyridines is 1. The summed E-state index contributed by atoms with van der Waals surface area (Å²) in [6.07, 6.45) is 0. The molecule has 1 aliphatic heterocycles. The molecule has 1 atom stereocenters. The molecule has 0 radical (unpaired) electrons. The molecule has 0 saturated heterocycles. The average molecular weight is 393 g/mol. The predicted octanol–water partition coefficient (Wildman–Crippen LogP) is 4.56. The van der Waals surface area contributed by atoms with Crippen LogP contribution >= 0.6 is 11.6 Å². The molecule has 27 heavy (non-hydrogen) atoms. The van der Waals surface area contributed by atoms with Gasteiger partial charge in [-0.15, -0.1) is 0 Å². The first-order chi connectivity index (χ1) is 12.6. The molecule has 0 bridgehead atoms. The van der Waals surface area contributed by atoms with Crippen LogP contribution in [0.1, 0.15) is 39.2 Å². The minimum atomic E-state index is -0.781. The van der Waals surface area contributed by atoms with Crippen molar-refractivity contribution in [2.45, 2.75) is 39.2 Å². The summed E-state index contributed by atoms with van der Waals surface area (Å²) >= 11 is 6.27. The highest BCUT2D eigenvalue weighted by atomic mass is 35.5. The van der Waals surface area contributed by atoms with Crippen molar-refractivity contribution in [3.63, 3.8) is 0 Å². The zero-order chi connectivity index (χ0) is 20.4. The molecular formula is C20H22ClFN2O3. The van der Waals surface area contributed by atoms with Crippen molar-refractivity contribution in [2.75, 3.05) is 13.7 Å². The topological polar surface area (TPSA) is 51.9 Å². The molecule has 5 nitrogen and oxygen atoms in total. The summed E-state index contributed by atoms with van der Waals surface area (Å²) in [5.74, 6) is -1.86. The van der Waals surface area contributed by atoms with Gasteiger partial charge in [-0.2, -0.15) is 0 Å². The number of allylic oxidation sites excluding steroid dienone is 2. The molecule has 1 N–H and O–H groups in total. The Hall–Kier alpha value is -2.36. The van der Waals surface area contributed by atoms with E-state index in [9.17, 15) is 9.18 Å². The zero-order valence-electron chi connectivity index (χ0n) is 15.9. The molecule has 1 aromatic rings. The SMILES string of the molecule is [C-]#[N+]C1=C(C)NC(COC)=C(C(=O)OC(C)(C)C)C1c1ccc(F)cc1Cl. The molecule has 1 unspecified atom stereocenters. The number of benzene rings is 1. The number of carbonyl (C=O) groups excluding carboxylic acids is 1. The predicted molar refractivity (Wildman–Crippen MR) is 101 cm³/mol. The molecule has 0 amide bonds. The van der Waals surface area contributed by atoms with E-state index in [2.05, 4.69) is 10.2 Å². The standard InChI is InChI=1S/C20H22ClFN2O3/c1-11-18(23-5)16(13-8-7-12(22)9-14(13)21)17(15(24-11)10-26-6)19(25)27-20(2,3)4/h7-9,16,24H,10H2,1-4,6H3. The average Bonchev–Trinajstić information content (AvgIpc) is 2.53. The number of rotatable bonds is 4. The van der Waals surface area contributed by atoms with E-state index in [-0.39, 0.29) is 17.2 Å². The summed E-state index contributed by atoms with van der Waals surface area (Å²) in [7, 11) is 1.50. The van der Waals surface area contributed by atoms with Crippen molar-refractivity contribution in [2.24, 2.45) is 0 Å². The van der Waals surface area contributed by atoms with Crippen LogP contribution in [-0.4, -0.2) is 25.3 Å². The lowest BCUT2D eigenvalue weighted by atomic mass is 9.83. The largest absolute Gasteiger partial charge is 0.457 e. The fourth-order valence-electron chi connectivity index (χ4n) is 2.90. The number of halogens is 2. The molecule has 1 aliphatic rings. The van der Waals surface area contributed by atoms with E-state index in [1.54, 1.807) is 27.7 Å². The molecule has 0 fully saturated rings. The lowest BCUT2D eigenvalue weighted by molar-refractivity contribution is -0.150. The van der Waals surface area contributed by atoms with Gasteiger partial charge in [0.1, 0.15) is 11.4 Å². The highest BCUT2D eigenvalue weighted by Gasteiger charge is 2.38. The van der Waals surface area contributed by atoms with Gasteiger partial charge >= 0.3 is 5.97 Å². The van der Waals surface area contributed by atoms with Crippen molar-refractivity contribution < 1.29 is 18.7 Å². The second-order valence-electron chi connectivity index (χ2n) is 7.17. The fraction of sp³-hybridized carbons (Fsp3) is 0.400. The summed E-state index contributed by atoms with van der Waals surface area (Å²) in [4.78, 5) is 16.6. The van der Waals surface area contributed by atoms with E-state index in [4.69, 9.17) is 27.6 Å². The maximum atomic E-state index is 13.6. The van der Waals surface area contributed by atoms with E-state index in [0.717, 1.165) is 0 Å². The van der Waals surface area contributed by atoms with E-state index in [1.807, 2.05) is 0 Å². The first kappa shape index (κ1) is 20.9. The van der Waals surface area contributed by atoms with Gasteiger partial charge in [0, 0.05) is 17.8 Å². The molecule has 0 aromatic heterocycles. The number of nitrogens with one attached hydrogen (secondary N) is 1. The van der Waals surface area contributed by atoms with Gasteiger partial charge in [0.15, 0.2) is 5.70 Å². The number of nitrogens with zero attached hydrogens (tertiary/aromatic N) is 1. The van der Waals surface area contributed by atoms with Gasteiger partial charge in [0.05, 0.1) is 30.4 Å². The van der Waals surface area contributed by atoms with Crippen LogP contribution in [-0.2, 0) is 14.3 Å². The minimum Gasteiger partial charge on any atom is -0.457 e. The van der Waals surface area contributed by atoms with Crippen LogP contribution in [0, 0.1) is 12.4 Å². The Morgan fingerprint density at radius 1 is 1.41 bits per heavy atom. The Kier molecular flexibility index (Phi) is 6.30. The van der Waals surface area contributed by atoms with E-state index >= 15 is 0 Å². The highest BCUT2D eigenvalue weighted by Crippen LogP contribution is 2.42. The molecule has 1 heterocycles. The number of ether oxygens (including phenoxy) is 2. The third kappa shape index (κ3) is 4.68. The van der Waals surface area contributed by atoms with Crippen LogP contribution < -0.4 is 5.32 Å². The van der Waals surface area contributed by atoms with Crippen LogP contribution in [0.3, 0.4) is 0 Å². The van der Waals surface area contributed by atoms with E-state index < -0.39 is 23.3 Å². The molecule has 0 spiro atoms. The van der Waals surface area contributed by atoms with Crippen LogP contribution in [0.2, 0.25) is 5.02 Å². The number of hydrogen-bond acceptors (Lipinski definition) is 4. The van der Waals surface area contributed by atoms with Gasteiger partial charge in [0.2, 0.25) is 0 Å². The van der Waals surface area contributed by atoms with Gasteiger partial charge in [-0.1, -0.05) is 17.7 Å². The first-order valence-electron chi connectivity index (χ1n) is 8.34. The highest BCUT2D eigenvalue weighted by molar-refractivity contribution is 6.31. The monoisotopic (exact) mass is 392 g/mol. The maximum absolute atomic E-state index is 13.6. The van der Waals surface area contributed by atoms with Crippen molar-refractivity contribution in [1.29, 1.82) is 0 Å². The summed E-state index contributed by atoms with van der Waals surface area (Å²) in [5.41, 5.74) is 1.32. The zero-order valence-corrected chi connectivity index (χ0v) is 16.7. The molecule has 2 rings (SSSR count). The summed E-state index contributed by atoms with van der Waals surface area (Å²) in [6, 6.07) is 3.91. The minimum absolute atomic E-state index is 0.118. The summed E-state index contributed by atoms with van der Waals surface area (Å²) in [6.45, 7) is 14.7. The lowest BCUT2D eigenvalue weighted by Gasteiger charge is -2.31. The van der Waals surface area contributed by atoms with Crippen molar-refractivity contribution in [3.05, 3.63) is 68.7 Å². The lowest BCUT2D eigenvalue weighted by Crippen LogP contribution is -2.34. The third-order valence-corrected chi connectivity index (χ3v) is 4.24. The van der Waals surface area contributed by atoms with Gasteiger partial charge in [-0.3, -0.25) is 0 Å². The number of esters is 1. The molecular weight excluding hydrogens is 371 g/mol. The van der Waals surface area contributed by atoms with Crippen LogP contribution in [0.4, 0.5) is 4.39 Å². The molecule has 144 valence electrons. The maximum Gasteiger partial charge on any atom is 0.336 e. The number of carbonyl (C=O) groups is 1. The molecule has 0 saturated carbocycles. The van der Waals surface area contributed by atoms with Crippen LogP contribution in [0.15, 0.2) is 40.9 Å². The van der Waals surface area contributed by atoms with Crippen LogP contribution in [0.5, 0.6) is 0 Å². The van der Waals surface area contributed by atoms with Crippen molar-refractivity contribution in [1.82, 2.24) is 5.32 Å². The first-order valence-corrected chi connectivity index (χ1v) is 8.72. The Morgan fingerprint density at radius 3 is 2.59 bits per heavy atom. The molecule has 0 aliphatic carbocycles. The van der Waals surface area contributed by atoms with E-state index in [0.29, 0.717) is 22.7 Å². The molecule has 1 aromatic carbocycles. The fourth-order valence-corrected chi connectivity index (χ4v) is 3.18. The van der Waals surface area contributed by atoms with Crippen LogP contribution in [0.25, 0.3) is 4.85 Å². The van der Waals surface area contributed by atoms with Crippen molar-refractivity contribution >= 4 is 17.6 Å². The van der Waals surface area contributed by atoms with Gasteiger partial charge in [0.25, 0.3) is 0 Å². The quantitative estimate of drug-likeness (QED) is 0.603. The Labute approximate surface area is 163 Å². The second-order valence-corrected chi connectivity index (χ2v) is 7.58. The molecule has 7 heteroatoms. The smallest absolute Gasteiger partial charge is 0.336 e. The Morgan fingerprint density at radius 2 is 2.07 bits per heavy atom. The summed E-state index contributed by atoms with van der Waals surface area (Å²) < 4.78 is 24.3. The van der Waals surface area contributed by atoms with Gasteiger partial charge in [-0.25, -0.2) is 14.0 Å². The van der Waals surface area contributed by atoms with Crippen molar-refractivity contribution in [3.8, 4) is 0 Å². The normalized spacial score (nSPS) is 17.5. The summed E-state index contributed by atoms with van der Waals surface area (Å²) in [5, 5.41) is 3.20. The Bertz CT molecular complexity index is 863. The second kappa shape index (κ2) is 8.12.